The van der Waals surface area contributed by atoms with Gasteiger partial charge in [0.1, 0.15) is 0 Å². The van der Waals surface area contributed by atoms with Crippen LogP contribution in [0.3, 0.4) is 0 Å². The summed E-state index contributed by atoms with van der Waals surface area (Å²) in [6, 6.07) is 0. The Kier molecular flexibility index (Phi) is 11.0. The van der Waals surface area contributed by atoms with Gasteiger partial charge in [0.15, 0.2) is 0 Å². The Morgan fingerprint density at radius 1 is 1.08 bits per heavy atom. The molecule has 2 nitrogen and oxygen atoms in total. The molecule has 0 atom stereocenters. The number of ether oxygens (including phenoxy) is 1. The summed E-state index contributed by atoms with van der Waals surface area (Å²) in [4.78, 5) is 2.28. The quantitative estimate of drug-likeness (QED) is 0.443. The lowest BCUT2D eigenvalue weighted by atomic mass is 10.4. The summed E-state index contributed by atoms with van der Waals surface area (Å²) in [6.07, 6.45) is 1.02. The number of hydrogen-bond donors (Lipinski definition) is 0. The van der Waals surface area contributed by atoms with Gasteiger partial charge >= 0.3 is 0 Å². The molecule has 0 aromatic heterocycles. The summed E-state index contributed by atoms with van der Waals surface area (Å²) in [6.45, 7) is 6.47. The first-order chi connectivity index (χ1) is 6.35. The molecule has 0 fully saturated rings. The van der Waals surface area contributed by atoms with Crippen molar-refractivity contribution in [2.45, 2.75) is 13.3 Å². The van der Waals surface area contributed by atoms with Crippen molar-refractivity contribution in [1.82, 2.24) is 4.90 Å². The Morgan fingerprint density at radius 2 is 1.85 bits per heavy atom. The van der Waals surface area contributed by atoms with E-state index in [1.807, 2.05) is 6.92 Å². The molecule has 0 aliphatic heterocycles. The number of halogens is 2. The van der Waals surface area contributed by atoms with E-state index < -0.39 is 0 Å². The van der Waals surface area contributed by atoms with Gasteiger partial charge in [-0.25, -0.2) is 0 Å². The Hall–Kier alpha value is 0.500. The van der Waals surface area contributed by atoms with Crippen LogP contribution in [0.2, 0.25) is 0 Å². The van der Waals surface area contributed by atoms with E-state index in [0.717, 1.165) is 39.3 Å². The predicted molar refractivity (Wildman–Crippen MR) is 59.0 cm³/mol. The highest BCUT2D eigenvalue weighted by Gasteiger charge is 2.02. The zero-order valence-electron chi connectivity index (χ0n) is 8.27. The van der Waals surface area contributed by atoms with Crippen LogP contribution in [0.15, 0.2) is 0 Å². The van der Waals surface area contributed by atoms with E-state index >= 15 is 0 Å². The number of nitrogens with zero attached hydrogens (tertiary/aromatic N) is 1. The minimum Gasteiger partial charge on any atom is -0.380 e. The van der Waals surface area contributed by atoms with Gasteiger partial charge < -0.3 is 4.74 Å². The van der Waals surface area contributed by atoms with Crippen LogP contribution in [-0.4, -0.2) is 49.5 Å². The predicted octanol–water partition coefficient (Wildman–Crippen LogP) is 2.19. The molecule has 0 saturated heterocycles. The molecule has 0 aliphatic rings. The fourth-order valence-electron chi connectivity index (χ4n) is 1.08. The first-order valence-electron chi connectivity index (χ1n) is 4.77. The van der Waals surface area contributed by atoms with Crippen molar-refractivity contribution in [2.75, 3.05) is 44.6 Å². The van der Waals surface area contributed by atoms with E-state index in [-0.39, 0.29) is 0 Å². The number of hydrogen-bond acceptors (Lipinski definition) is 2. The van der Waals surface area contributed by atoms with Crippen LogP contribution in [0.5, 0.6) is 0 Å². The average molecular weight is 228 g/mol. The van der Waals surface area contributed by atoms with Gasteiger partial charge in [-0.05, 0) is 19.9 Å². The van der Waals surface area contributed by atoms with Crippen molar-refractivity contribution in [3.8, 4) is 0 Å². The van der Waals surface area contributed by atoms with E-state index in [9.17, 15) is 0 Å². The first-order valence-corrected chi connectivity index (χ1v) is 5.84. The van der Waals surface area contributed by atoms with Gasteiger partial charge in [0.25, 0.3) is 0 Å². The van der Waals surface area contributed by atoms with Crippen LogP contribution in [0.4, 0.5) is 0 Å². The first kappa shape index (κ1) is 13.5. The lowest BCUT2D eigenvalue weighted by Crippen LogP contribution is -2.30. The topological polar surface area (TPSA) is 12.5 Å². The summed E-state index contributed by atoms with van der Waals surface area (Å²) < 4.78 is 5.27. The van der Waals surface area contributed by atoms with Gasteiger partial charge in [-0.2, -0.15) is 0 Å². The van der Waals surface area contributed by atoms with Crippen molar-refractivity contribution < 1.29 is 4.74 Å². The summed E-state index contributed by atoms with van der Waals surface area (Å²) in [7, 11) is 0. The Labute approximate surface area is 91.1 Å². The molecule has 0 rings (SSSR count). The Bertz CT molecular complexity index is 104. The minimum atomic E-state index is 0.675. The fraction of sp³-hybridized carbons (Fsp3) is 1.00. The van der Waals surface area contributed by atoms with E-state index in [4.69, 9.17) is 27.9 Å². The smallest absolute Gasteiger partial charge is 0.0593 e. The number of rotatable bonds is 9. The van der Waals surface area contributed by atoms with Crippen LogP contribution in [-0.2, 0) is 4.74 Å². The molecule has 0 radical (unpaired) electrons. The summed E-state index contributed by atoms with van der Waals surface area (Å²) in [5.41, 5.74) is 0. The van der Waals surface area contributed by atoms with Crippen LogP contribution in [0.1, 0.15) is 13.3 Å². The molecule has 0 bridgehead atoms. The Morgan fingerprint density at radius 3 is 2.38 bits per heavy atom. The van der Waals surface area contributed by atoms with Gasteiger partial charge in [0, 0.05) is 31.5 Å². The van der Waals surface area contributed by atoms with Crippen molar-refractivity contribution in [2.24, 2.45) is 0 Å². The zero-order valence-corrected chi connectivity index (χ0v) is 9.78. The van der Waals surface area contributed by atoms with Gasteiger partial charge in [-0.1, -0.05) is 0 Å². The number of alkyl halides is 2. The van der Waals surface area contributed by atoms with E-state index in [1.165, 1.54) is 0 Å². The molecule has 0 unspecified atom stereocenters. The van der Waals surface area contributed by atoms with Gasteiger partial charge in [-0.15, -0.1) is 23.2 Å². The van der Waals surface area contributed by atoms with E-state index in [1.54, 1.807) is 0 Å². The highest BCUT2D eigenvalue weighted by Crippen LogP contribution is 1.95. The third-order valence-corrected chi connectivity index (χ3v) is 2.20. The molecule has 0 amide bonds. The summed E-state index contributed by atoms with van der Waals surface area (Å²) in [5, 5.41) is 0. The van der Waals surface area contributed by atoms with E-state index in [0.29, 0.717) is 11.8 Å². The zero-order chi connectivity index (χ0) is 9.94. The highest BCUT2D eigenvalue weighted by atomic mass is 35.5. The maximum Gasteiger partial charge on any atom is 0.0593 e. The molecule has 0 aromatic rings. The highest BCUT2D eigenvalue weighted by molar-refractivity contribution is 6.18. The molecule has 0 aliphatic carbocycles. The molecule has 4 heteroatoms. The SMILES string of the molecule is CCOCCN(CCCl)CCCCl. The average Bonchev–Trinajstić information content (AvgIpc) is 2.14. The molecule has 0 heterocycles. The summed E-state index contributed by atoms with van der Waals surface area (Å²) >= 11 is 11.3. The monoisotopic (exact) mass is 227 g/mol. The van der Waals surface area contributed by atoms with E-state index in [2.05, 4.69) is 4.90 Å². The minimum absolute atomic E-state index is 0.675. The van der Waals surface area contributed by atoms with Crippen LogP contribution in [0, 0.1) is 0 Å². The van der Waals surface area contributed by atoms with Gasteiger partial charge in [0.05, 0.1) is 6.61 Å². The van der Waals surface area contributed by atoms with Crippen molar-refractivity contribution in [1.29, 1.82) is 0 Å². The second-order valence-corrected chi connectivity index (χ2v) is 3.53. The normalized spacial score (nSPS) is 11.1. The molecule has 0 N–H and O–H groups in total. The Balaban J connectivity index is 3.41. The van der Waals surface area contributed by atoms with Crippen molar-refractivity contribution >= 4 is 23.2 Å². The van der Waals surface area contributed by atoms with Gasteiger partial charge in [-0.3, -0.25) is 4.90 Å². The lowest BCUT2D eigenvalue weighted by molar-refractivity contribution is 0.116. The molecule has 13 heavy (non-hydrogen) atoms. The van der Waals surface area contributed by atoms with Crippen molar-refractivity contribution in [3.05, 3.63) is 0 Å². The maximum absolute atomic E-state index is 5.67. The third-order valence-electron chi connectivity index (χ3n) is 1.76. The fourth-order valence-corrected chi connectivity index (χ4v) is 1.43. The van der Waals surface area contributed by atoms with Crippen molar-refractivity contribution in [3.63, 3.8) is 0 Å². The summed E-state index contributed by atoms with van der Waals surface area (Å²) in [5.74, 6) is 1.39. The maximum atomic E-state index is 5.67. The molecular formula is C9H19Cl2NO. The largest absolute Gasteiger partial charge is 0.380 e. The molecular weight excluding hydrogens is 209 g/mol. The van der Waals surface area contributed by atoms with Crippen LogP contribution < -0.4 is 0 Å². The molecule has 80 valence electrons. The third kappa shape index (κ3) is 8.82. The molecule has 0 aromatic carbocycles. The second kappa shape index (κ2) is 10.6. The molecule has 0 saturated carbocycles. The second-order valence-electron chi connectivity index (χ2n) is 2.77. The van der Waals surface area contributed by atoms with Crippen LogP contribution in [0.25, 0.3) is 0 Å². The lowest BCUT2D eigenvalue weighted by Gasteiger charge is -2.20. The standard InChI is InChI=1S/C9H19Cl2NO/c1-2-13-9-8-12(7-5-11)6-3-4-10/h2-9H2,1H3. The molecule has 0 spiro atoms. The van der Waals surface area contributed by atoms with Gasteiger partial charge in [0.2, 0.25) is 0 Å². The van der Waals surface area contributed by atoms with Crippen LogP contribution >= 0.6 is 23.2 Å².